The van der Waals surface area contributed by atoms with Gasteiger partial charge in [-0.1, -0.05) is 87.4 Å². The Balaban J connectivity index is 1.87. The lowest BCUT2D eigenvalue weighted by Crippen LogP contribution is -2.27. The van der Waals surface area contributed by atoms with Crippen molar-refractivity contribution in [1.29, 1.82) is 0 Å². The van der Waals surface area contributed by atoms with Gasteiger partial charge in [-0.3, -0.25) is 0 Å². The molecule has 2 aromatic carbocycles. The average molecular weight is 357 g/mol. The Labute approximate surface area is 153 Å². The highest BCUT2D eigenvalue weighted by Gasteiger charge is 2.36. The minimum Gasteiger partial charge on any atom is -0.155 e. The molecule has 0 bridgehead atoms. The molecular formula is C22H29PS. The van der Waals surface area contributed by atoms with E-state index in [0.29, 0.717) is 0 Å². The Morgan fingerprint density at radius 1 is 0.958 bits per heavy atom. The molecule has 0 nitrogen and oxygen atoms in total. The van der Waals surface area contributed by atoms with Crippen molar-refractivity contribution in [3.8, 4) is 0 Å². The van der Waals surface area contributed by atoms with E-state index in [1.165, 1.54) is 32.1 Å². The van der Waals surface area contributed by atoms with Crippen molar-refractivity contribution in [2.75, 3.05) is 0 Å². The van der Waals surface area contributed by atoms with Crippen molar-refractivity contribution in [1.82, 2.24) is 0 Å². The first-order chi connectivity index (χ1) is 11.8. The molecule has 128 valence electrons. The average Bonchev–Trinajstić information content (AvgIpc) is 3.05. The fraction of sp³-hybridized carbons (Fsp3) is 0.455. The molecule has 3 atom stereocenters. The Hall–Kier alpha value is -0.780. The molecule has 2 aromatic rings. The summed E-state index contributed by atoms with van der Waals surface area (Å²) in [5, 5.41) is 4.74. The predicted molar refractivity (Wildman–Crippen MR) is 112 cm³/mol. The van der Waals surface area contributed by atoms with E-state index in [1.807, 2.05) is 0 Å². The normalized spacial score (nSPS) is 22.0. The van der Waals surface area contributed by atoms with Gasteiger partial charge in [0.05, 0.1) is 0 Å². The topological polar surface area (TPSA) is 0 Å². The van der Waals surface area contributed by atoms with Crippen LogP contribution in [0.2, 0.25) is 0 Å². The van der Waals surface area contributed by atoms with Crippen molar-refractivity contribution in [2.24, 2.45) is 0 Å². The lowest BCUT2D eigenvalue weighted by molar-refractivity contribution is 0.777. The summed E-state index contributed by atoms with van der Waals surface area (Å²) in [5.74, 6) is 0. The van der Waals surface area contributed by atoms with E-state index >= 15 is 0 Å². The van der Waals surface area contributed by atoms with E-state index < -0.39 is 0 Å². The highest BCUT2D eigenvalue weighted by atomic mass is 32.2. The quantitative estimate of drug-likeness (QED) is 0.551. The number of benzene rings is 2. The van der Waals surface area contributed by atoms with Crippen molar-refractivity contribution < 1.29 is 0 Å². The van der Waals surface area contributed by atoms with E-state index in [9.17, 15) is 0 Å². The molecule has 0 N–H and O–H groups in total. The molecular weight excluding hydrogens is 327 g/mol. The maximum Gasteiger partial charge on any atom is 0.0123 e. The van der Waals surface area contributed by atoms with Gasteiger partial charge in [0.1, 0.15) is 0 Å². The van der Waals surface area contributed by atoms with Crippen LogP contribution in [0.15, 0.2) is 60.7 Å². The second-order valence-corrected chi connectivity index (χ2v) is 10.9. The zero-order valence-corrected chi connectivity index (χ0v) is 16.6. The molecule has 0 aliphatic heterocycles. The van der Waals surface area contributed by atoms with Crippen LogP contribution in [0, 0.1) is 0 Å². The van der Waals surface area contributed by atoms with Gasteiger partial charge in [0.25, 0.3) is 0 Å². The Bertz CT molecular complexity index is 558. The SMILES string of the molecule is CCCC(C)S[C@H]1CCCC1P(c1ccccc1)c1ccccc1. The van der Waals surface area contributed by atoms with E-state index in [1.54, 1.807) is 10.6 Å². The summed E-state index contributed by atoms with van der Waals surface area (Å²) in [5.41, 5.74) is 0.828. The highest BCUT2D eigenvalue weighted by Crippen LogP contribution is 2.51. The van der Waals surface area contributed by atoms with E-state index in [-0.39, 0.29) is 7.92 Å². The van der Waals surface area contributed by atoms with Gasteiger partial charge in [0.15, 0.2) is 0 Å². The molecule has 0 radical (unpaired) electrons. The van der Waals surface area contributed by atoms with Gasteiger partial charge >= 0.3 is 0 Å². The monoisotopic (exact) mass is 356 g/mol. The molecule has 1 fully saturated rings. The summed E-state index contributed by atoms with van der Waals surface area (Å²) in [7, 11) is -0.252. The van der Waals surface area contributed by atoms with Gasteiger partial charge in [-0.15, -0.1) is 0 Å². The molecule has 0 spiro atoms. The maximum atomic E-state index is 2.43. The van der Waals surface area contributed by atoms with Gasteiger partial charge in [-0.25, -0.2) is 0 Å². The minimum absolute atomic E-state index is 0.252. The van der Waals surface area contributed by atoms with Crippen LogP contribution in [0.25, 0.3) is 0 Å². The fourth-order valence-electron chi connectivity index (χ4n) is 3.84. The maximum absolute atomic E-state index is 2.43. The molecule has 3 rings (SSSR count). The van der Waals surface area contributed by atoms with Crippen LogP contribution in [0.1, 0.15) is 46.0 Å². The molecule has 2 unspecified atom stereocenters. The summed E-state index contributed by atoms with van der Waals surface area (Å²) < 4.78 is 0. The zero-order valence-electron chi connectivity index (χ0n) is 14.9. The lowest BCUT2D eigenvalue weighted by Gasteiger charge is -2.31. The second kappa shape index (κ2) is 9.07. The third kappa shape index (κ3) is 4.44. The molecule has 24 heavy (non-hydrogen) atoms. The standard InChI is InChI=1S/C22H29PS/c1-3-11-18(2)24-22-17-10-16-21(22)23(19-12-6-4-7-13-19)20-14-8-5-9-15-20/h4-9,12-15,18,21-22H,3,10-11,16-17H2,1-2H3/t18?,21?,22-/m0/s1. The summed E-state index contributed by atoms with van der Waals surface area (Å²) >= 11 is 2.27. The van der Waals surface area contributed by atoms with Crippen molar-refractivity contribution >= 4 is 30.3 Å². The van der Waals surface area contributed by atoms with Gasteiger partial charge in [0, 0.05) is 10.5 Å². The summed E-state index contributed by atoms with van der Waals surface area (Å²) in [6.45, 7) is 4.74. The third-order valence-electron chi connectivity index (χ3n) is 4.92. The molecule has 0 aromatic heterocycles. The van der Waals surface area contributed by atoms with Crippen molar-refractivity contribution in [3.63, 3.8) is 0 Å². The van der Waals surface area contributed by atoms with Crippen LogP contribution in [-0.2, 0) is 0 Å². The largest absolute Gasteiger partial charge is 0.155 e. The van der Waals surface area contributed by atoms with Crippen molar-refractivity contribution in [2.45, 2.75) is 62.1 Å². The molecule has 0 heterocycles. The number of hydrogen-bond acceptors (Lipinski definition) is 1. The van der Waals surface area contributed by atoms with E-state index in [0.717, 1.165) is 16.2 Å². The molecule has 0 saturated heterocycles. The van der Waals surface area contributed by atoms with Crippen molar-refractivity contribution in [3.05, 3.63) is 60.7 Å². The second-order valence-electron chi connectivity index (χ2n) is 6.81. The van der Waals surface area contributed by atoms with Crippen LogP contribution in [0.5, 0.6) is 0 Å². The van der Waals surface area contributed by atoms with E-state index in [4.69, 9.17) is 0 Å². The first-order valence-electron chi connectivity index (χ1n) is 9.34. The molecule has 2 heteroatoms. The Morgan fingerprint density at radius 2 is 1.54 bits per heavy atom. The minimum atomic E-state index is -0.252. The molecule has 1 aliphatic rings. The number of thioether (sulfide) groups is 1. The van der Waals surface area contributed by atoms with Crippen LogP contribution < -0.4 is 10.6 Å². The van der Waals surface area contributed by atoms with Crippen LogP contribution in [-0.4, -0.2) is 16.2 Å². The molecule has 1 saturated carbocycles. The van der Waals surface area contributed by atoms with E-state index in [2.05, 4.69) is 86.3 Å². The first kappa shape index (κ1) is 18.0. The summed E-state index contributed by atoms with van der Waals surface area (Å²) in [6, 6.07) is 22.6. The molecule has 1 aliphatic carbocycles. The molecule has 0 amide bonds. The summed E-state index contributed by atoms with van der Waals surface area (Å²) in [4.78, 5) is 0. The predicted octanol–water partition coefficient (Wildman–Crippen LogP) is 5.96. The smallest absolute Gasteiger partial charge is 0.0123 e. The zero-order chi connectivity index (χ0) is 16.8. The van der Waals surface area contributed by atoms with Crippen LogP contribution in [0.4, 0.5) is 0 Å². The van der Waals surface area contributed by atoms with Gasteiger partial charge in [-0.2, -0.15) is 11.8 Å². The fourth-order valence-corrected chi connectivity index (χ4v) is 8.98. The number of hydrogen-bond donors (Lipinski definition) is 0. The Kier molecular flexibility index (Phi) is 6.81. The van der Waals surface area contributed by atoms with Crippen LogP contribution in [0.3, 0.4) is 0 Å². The van der Waals surface area contributed by atoms with Crippen LogP contribution >= 0.6 is 19.7 Å². The van der Waals surface area contributed by atoms with Gasteiger partial charge in [-0.05, 0) is 43.5 Å². The Morgan fingerprint density at radius 3 is 2.08 bits per heavy atom. The third-order valence-corrected chi connectivity index (χ3v) is 9.73. The van der Waals surface area contributed by atoms with Gasteiger partial charge in [0.2, 0.25) is 0 Å². The lowest BCUT2D eigenvalue weighted by atomic mass is 10.3. The highest BCUT2D eigenvalue weighted by molar-refractivity contribution is 8.01. The van der Waals surface area contributed by atoms with Gasteiger partial charge < -0.3 is 0 Å². The number of rotatable bonds is 7. The summed E-state index contributed by atoms with van der Waals surface area (Å²) in [6.07, 6.45) is 6.85. The first-order valence-corrected chi connectivity index (χ1v) is 11.7.